The summed E-state index contributed by atoms with van der Waals surface area (Å²) in [5, 5.41) is 0. The zero-order valence-electron chi connectivity index (χ0n) is 18.9. The summed E-state index contributed by atoms with van der Waals surface area (Å²) in [6, 6.07) is 30.6. The first-order chi connectivity index (χ1) is 15.4. The Balaban J connectivity index is 1.68. The predicted octanol–water partition coefficient (Wildman–Crippen LogP) is 6.34. The molecule has 0 amide bonds. The molecule has 32 heavy (non-hydrogen) atoms. The SMILES string of the molecule is CC1C(c2ccccc2)OP2(N(C)C)(OC(c3ccccc3)=C(c3ccccc3)O2)N1C. The number of benzene rings is 3. The van der Waals surface area contributed by atoms with Crippen LogP contribution in [0.3, 0.4) is 0 Å². The van der Waals surface area contributed by atoms with Crippen LogP contribution in [-0.2, 0) is 13.6 Å². The molecule has 0 saturated carbocycles. The summed E-state index contributed by atoms with van der Waals surface area (Å²) in [6.07, 6.45) is -0.187. The Bertz CT molecular complexity index is 1080. The second-order valence-corrected chi connectivity index (χ2v) is 12.1. The van der Waals surface area contributed by atoms with E-state index in [0.717, 1.165) is 16.7 Å². The van der Waals surface area contributed by atoms with Gasteiger partial charge in [0.1, 0.15) is 0 Å². The van der Waals surface area contributed by atoms with E-state index in [2.05, 4.69) is 23.7 Å². The molecule has 6 heteroatoms. The van der Waals surface area contributed by atoms with Crippen molar-refractivity contribution in [2.75, 3.05) is 21.1 Å². The molecule has 0 bridgehead atoms. The van der Waals surface area contributed by atoms with Crippen molar-refractivity contribution in [2.45, 2.75) is 19.1 Å². The van der Waals surface area contributed by atoms with E-state index in [-0.39, 0.29) is 12.1 Å². The molecular formula is C26H29N2O3P. The maximum absolute atomic E-state index is 6.97. The third-order valence-electron chi connectivity index (χ3n) is 6.42. The molecule has 2 heterocycles. The fraction of sp³-hybridized carbons (Fsp3) is 0.231. The second kappa shape index (κ2) is 7.72. The summed E-state index contributed by atoms with van der Waals surface area (Å²) < 4.78 is 25.1. The van der Waals surface area contributed by atoms with Gasteiger partial charge in [-0.3, -0.25) is 0 Å². The molecule has 1 spiro atoms. The van der Waals surface area contributed by atoms with Crippen LogP contribution in [0.5, 0.6) is 0 Å². The van der Waals surface area contributed by atoms with Crippen LogP contribution in [0.2, 0.25) is 0 Å². The minimum atomic E-state index is -3.92. The first-order valence-electron chi connectivity index (χ1n) is 10.9. The zero-order chi connectivity index (χ0) is 22.4. The van der Waals surface area contributed by atoms with Gasteiger partial charge in [0.2, 0.25) is 0 Å². The van der Waals surface area contributed by atoms with Crippen LogP contribution in [0, 0.1) is 0 Å². The summed E-state index contributed by atoms with van der Waals surface area (Å²) in [7, 11) is 2.08. The molecule has 1 saturated heterocycles. The van der Waals surface area contributed by atoms with Crippen molar-refractivity contribution >= 4 is 19.1 Å². The second-order valence-electron chi connectivity index (χ2n) is 8.47. The molecule has 3 aromatic rings. The van der Waals surface area contributed by atoms with Gasteiger partial charge < -0.3 is 0 Å². The molecule has 0 N–H and O–H groups in total. The normalized spacial score (nSPS) is 25.3. The zero-order valence-corrected chi connectivity index (χ0v) is 19.8. The van der Waals surface area contributed by atoms with E-state index in [1.165, 1.54) is 0 Å². The maximum atomic E-state index is 6.97. The summed E-state index contributed by atoms with van der Waals surface area (Å²) in [5.41, 5.74) is 3.03. The van der Waals surface area contributed by atoms with Gasteiger partial charge in [-0.25, -0.2) is 0 Å². The molecule has 2 unspecified atom stereocenters. The molecule has 5 nitrogen and oxygen atoms in total. The van der Waals surface area contributed by atoms with Gasteiger partial charge in [-0.2, -0.15) is 0 Å². The molecule has 1 fully saturated rings. The Morgan fingerprint density at radius 2 is 1.16 bits per heavy atom. The number of nitrogens with zero attached hydrogens (tertiary/aromatic N) is 2. The summed E-state index contributed by atoms with van der Waals surface area (Å²) >= 11 is 0. The van der Waals surface area contributed by atoms with Crippen LogP contribution in [0.25, 0.3) is 11.5 Å². The van der Waals surface area contributed by atoms with E-state index in [1.807, 2.05) is 105 Å². The topological polar surface area (TPSA) is 34.2 Å². The van der Waals surface area contributed by atoms with E-state index in [0.29, 0.717) is 11.5 Å². The summed E-state index contributed by atoms with van der Waals surface area (Å²) in [6.45, 7) is 2.16. The molecule has 3 aromatic carbocycles. The van der Waals surface area contributed by atoms with Crippen LogP contribution in [0.15, 0.2) is 91.0 Å². The quantitative estimate of drug-likeness (QED) is 0.435. The molecule has 5 rings (SSSR count). The fourth-order valence-electron chi connectivity index (χ4n) is 4.51. The average Bonchev–Trinajstić information content (AvgIpc) is 3.32. The Labute approximate surface area is 190 Å². The van der Waals surface area contributed by atoms with Crippen molar-refractivity contribution in [1.29, 1.82) is 0 Å². The number of likely N-dealkylation sites (N-methyl/N-ethyl adjacent to an activating group) is 1. The average molecular weight is 449 g/mol. The molecule has 0 aliphatic carbocycles. The van der Waals surface area contributed by atoms with Gasteiger partial charge in [0.05, 0.1) is 0 Å². The molecular weight excluding hydrogens is 419 g/mol. The number of hydrogen-bond acceptors (Lipinski definition) is 5. The Morgan fingerprint density at radius 3 is 1.59 bits per heavy atom. The van der Waals surface area contributed by atoms with Gasteiger partial charge in [0.25, 0.3) is 0 Å². The third kappa shape index (κ3) is 3.01. The van der Waals surface area contributed by atoms with E-state index >= 15 is 0 Å². The van der Waals surface area contributed by atoms with Gasteiger partial charge >= 0.3 is 190 Å². The van der Waals surface area contributed by atoms with Crippen molar-refractivity contribution in [3.8, 4) is 0 Å². The Hall–Kier alpha value is -2.69. The van der Waals surface area contributed by atoms with Gasteiger partial charge in [-0.15, -0.1) is 0 Å². The Kier molecular flexibility index (Phi) is 5.11. The van der Waals surface area contributed by atoms with Crippen molar-refractivity contribution in [2.24, 2.45) is 0 Å². The minimum absolute atomic E-state index is 0.0459. The first-order valence-corrected chi connectivity index (χ1v) is 12.8. The van der Waals surface area contributed by atoms with E-state index < -0.39 is 7.59 Å². The molecule has 0 aromatic heterocycles. The van der Waals surface area contributed by atoms with E-state index in [1.54, 1.807) is 0 Å². The molecule has 166 valence electrons. The van der Waals surface area contributed by atoms with Crippen LogP contribution < -0.4 is 0 Å². The van der Waals surface area contributed by atoms with Crippen LogP contribution >= 0.6 is 7.59 Å². The van der Waals surface area contributed by atoms with Gasteiger partial charge in [-0.05, 0) is 0 Å². The number of rotatable bonds is 4. The standard InChI is InChI=1S/C26H29N2O3P/c1-20-24(21-14-8-5-9-15-21)29-32(27(2)3,28(20)4)30-25(22-16-10-6-11-17-22)26(31-32)23-18-12-7-13-19-23/h5-20,24H,1-4H3. The molecule has 0 radical (unpaired) electrons. The summed E-state index contributed by atoms with van der Waals surface area (Å²) in [4.78, 5) is 0. The molecule has 2 aliphatic heterocycles. The first kappa shape index (κ1) is 21.2. The van der Waals surface area contributed by atoms with Gasteiger partial charge in [-0.1, -0.05) is 0 Å². The fourth-order valence-corrected chi connectivity index (χ4v) is 8.54. The van der Waals surface area contributed by atoms with Crippen LogP contribution in [0.4, 0.5) is 0 Å². The van der Waals surface area contributed by atoms with Crippen LogP contribution in [0.1, 0.15) is 29.7 Å². The summed E-state index contributed by atoms with van der Waals surface area (Å²) in [5.74, 6) is 1.41. The monoisotopic (exact) mass is 448 g/mol. The van der Waals surface area contributed by atoms with Crippen molar-refractivity contribution in [1.82, 2.24) is 9.34 Å². The van der Waals surface area contributed by atoms with E-state index in [4.69, 9.17) is 13.6 Å². The van der Waals surface area contributed by atoms with Crippen molar-refractivity contribution in [3.05, 3.63) is 108 Å². The van der Waals surface area contributed by atoms with Gasteiger partial charge in [0.15, 0.2) is 0 Å². The third-order valence-corrected chi connectivity index (χ3v) is 10.8. The number of hydrogen-bond donors (Lipinski definition) is 0. The van der Waals surface area contributed by atoms with Crippen molar-refractivity contribution < 1.29 is 13.6 Å². The molecule has 2 atom stereocenters. The predicted molar refractivity (Wildman–Crippen MR) is 130 cm³/mol. The van der Waals surface area contributed by atoms with Crippen molar-refractivity contribution in [3.63, 3.8) is 0 Å². The molecule has 2 aliphatic rings. The van der Waals surface area contributed by atoms with Crippen LogP contribution in [-0.4, -0.2) is 36.5 Å². The van der Waals surface area contributed by atoms with Gasteiger partial charge in [0, 0.05) is 0 Å². The Morgan fingerprint density at radius 1 is 0.719 bits per heavy atom. The van der Waals surface area contributed by atoms with E-state index in [9.17, 15) is 0 Å².